The fraction of sp³-hybridized carbons (Fsp3) is 0.579. The van der Waals surface area contributed by atoms with E-state index in [-0.39, 0.29) is 18.4 Å². The van der Waals surface area contributed by atoms with Gasteiger partial charge in [0.15, 0.2) is 0 Å². The van der Waals surface area contributed by atoms with Crippen molar-refractivity contribution in [1.82, 2.24) is 10.2 Å². The summed E-state index contributed by atoms with van der Waals surface area (Å²) in [6.45, 7) is 6.13. The van der Waals surface area contributed by atoms with E-state index >= 15 is 0 Å². The minimum atomic E-state index is -0.220. The summed E-state index contributed by atoms with van der Waals surface area (Å²) in [5, 5.41) is 11.5. The van der Waals surface area contributed by atoms with Crippen molar-refractivity contribution in [2.24, 2.45) is 0 Å². The molecule has 1 aromatic rings. The predicted octanol–water partition coefficient (Wildman–Crippen LogP) is 3.03. The summed E-state index contributed by atoms with van der Waals surface area (Å²) in [7, 11) is 0. The molecule has 0 radical (unpaired) electrons. The maximum atomic E-state index is 11.7. The van der Waals surface area contributed by atoms with Crippen molar-refractivity contribution in [2.75, 3.05) is 26.2 Å². The third kappa shape index (κ3) is 5.86. The molecule has 24 heavy (non-hydrogen) atoms. The molecule has 1 heterocycles. The van der Waals surface area contributed by atoms with Gasteiger partial charge >= 0.3 is 0 Å². The molecule has 1 fully saturated rings. The molecular formula is C19H27N3O2. The fourth-order valence-electron chi connectivity index (χ4n) is 3.02. The molecule has 1 aromatic carbocycles. The first kappa shape index (κ1) is 18.3. The van der Waals surface area contributed by atoms with Crippen LogP contribution in [-0.2, 0) is 4.79 Å². The highest BCUT2D eigenvalue weighted by atomic mass is 16.5. The SMILES string of the molecule is CCCC(NC(=O)CC#N)c1ccc(OCCN2CCCC2)cc1. The van der Waals surface area contributed by atoms with Crippen LogP contribution in [0.25, 0.3) is 0 Å². The first-order valence-corrected chi connectivity index (χ1v) is 8.84. The Bertz CT molecular complexity index is 545. The highest BCUT2D eigenvalue weighted by Gasteiger charge is 2.14. The Morgan fingerprint density at radius 1 is 1.33 bits per heavy atom. The zero-order valence-electron chi connectivity index (χ0n) is 14.5. The third-order valence-electron chi connectivity index (χ3n) is 4.31. The smallest absolute Gasteiger partial charge is 0.234 e. The van der Waals surface area contributed by atoms with Crippen LogP contribution >= 0.6 is 0 Å². The zero-order chi connectivity index (χ0) is 17.2. The molecule has 0 aromatic heterocycles. The number of carbonyl (C=O) groups is 1. The maximum absolute atomic E-state index is 11.7. The van der Waals surface area contributed by atoms with Crippen molar-refractivity contribution in [3.8, 4) is 11.8 Å². The molecule has 1 atom stereocenters. The number of rotatable bonds is 9. The largest absolute Gasteiger partial charge is 0.492 e. The van der Waals surface area contributed by atoms with Crippen LogP contribution in [0.3, 0.4) is 0 Å². The molecule has 1 saturated heterocycles. The highest BCUT2D eigenvalue weighted by molar-refractivity contribution is 5.78. The minimum absolute atomic E-state index is 0.0468. The number of benzene rings is 1. The predicted molar refractivity (Wildman–Crippen MR) is 93.6 cm³/mol. The van der Waals surface area contributed by atoms with Gasteiger partial charge in [-0.25, -0.2) is 0 Å². The second-order valence-corrected chi connectivity index (χ2v) is 6.21. The molecule has 0 saturated carbocycles. The minimum Gasteiger partial charge on any atom is -0.492 e. The summed E-state index contributed by atoms with van der Waals surface area (Å²) in [5.41, 5.74) is 1.05. The van der Waals surface area contributed by atoms with Gasteiger partial charge < -0.3 is 10.1 Å². The van der Waals surface area contributed by atoms with E-state index in [4.69, 9.17) is 10.00 Å². The van der Waals surface area contributed by atoms with Crippen LogP contribution in [0.15, 0.2) is 24.3 Å². The van der Waals surface area contributed by atoms with E-state index in [1.165, 1.54) is 25.9 Å². The van der Waals surface area contributed by atoms with E-state index in [9.17, 15) is 4.79 Å². The second kappa shape index (κ2) is 9.94. The molecule has 1 N–H and O–H groups in total. The van der Waals surface area contributed by atoms with Gasteiger partial charge in [0.1, 0.15) is 18.8 Å². The highest BCUT2D eigenvalue weighted by Crippen LogP contribution is 2.22. The monoisotopic (exact) mass is 329 g/mol. The van der Waals surface area contributed by atoms with Gasteiger partial charge in [0.2, 0.25) is 5.91 Å². The molecule has 2 rings (SSSR count). The van der Waals surface area contributed by atoms with Crippen molar-refractivity contribution in [3.05, 3.63) is 29.8 Å². The van der Waals surface area contributed by atoms with Crippen LogP contribution in [-0.4, -0.2) is 37.0 Å². The number of carbonyl (C=O) groups excluding carboxylic acids is 1. The molecule has 1 amide bonds. The molecule has 0 spiro atoms. The topological polar surface area (TPSA) is 65.4 Å². The summed E-state index contributed by atoms with van der Waals surface area (Å²) in [5.74, 6) is 0.637. The molecule has 1 aliphatic heterocycles. The molecule has 1 unspecified atom stereocenters. The van der Waals surface area contributed by atoms with E-state index in [0.717, 1.165) is 30.7 Å². The van der Waals surface area contributed by atoms with Gasteiger partial charge in [0, 0.05) is 6.54 Å². The molecule has 0 bridgehead atoms. The van der Waals surface area contributed by atoms with Gasteiger partial charge in [0.05, 0.1) is 12.1 Å². The molecule has 0 aliphatic carbocycles. The number of ether oxygens (including phenoxy) is 1. The van der Waals surface area contributed by atoms with E-state index in [0.29, 0.717) is 6.61 Å². The summed E-state index contributed by atoms with van der Waals surface area (Å²) >= 11 is 0. The van der Waals surface area contributed by atoms with Crippen molar-refractivity contribution in [1.29, 1.82) is 5.26 Å². The zero-order valence-corrected chi connectivity index (χ0v) is 14.5. The van der Waals surface area contributed by atoms with Gasteiger partial charge in [-0.05, 0) is 50.0 Å². The molecule has 5 heteroatoms. The first-order chi connectivity index (χ1) is 11.7. The first-order valence-electron chi connectivity index (χ1n) is 8.84. The average molecular weight is 329 g/mol. The normalized spacial score (nSPS) is 15.7. The Morgan fingerprint density at radius 3 is 2.67 bits per heavy atom. The lowest BCUT2D eigenvalue weighted by atomic mass is 10.0. The van der Waals surface area contributed by atoms with Crippen molar-refractivity contribution in [3.63, 3.8) is 0 Å². The Balaban J connectivity index is 1.85. The lowest BCUT2D eigenvalue weighted by Gasteiger charge is -2.19. The Morgan fingerprint density at radius 2 is 2.04 bits per heavy atom. The van der Waals surface area contributed by atoms with Crippen LogP contribution < -0.4 is 10.1 Å². The number of likely N-dealkylation sites (tertiary alicyclic amines) is 1. The van der Waals surface area contributed by atoms with E-state index < -0.39 is 0 Å². The number of hydrogen-bond acceptors (Lipinski definition) is 4. The van der Waals surface area contributed by atoms with Gasteiger partial charge in [-0.15, -0.1) is 0 Å². The Kier molecular flexibility index (Phi) is 7.57. The number of nitriles is 1. The van der Waals surface area contributed by atoms with Crippen LogP contribution in [0.5, 0.6) is 5.75 Å². The Labute approximate surface area is 144 Å². The molecular weight excluding hydrogens is 302 g/mol. The Hall–Kier alpha value is -2.06. The number of amides is 1. The second-order valence-electron chi connectivity index (χ2n) is 6.21. The number of hydrogen-bond donors (Lipinski definition) is 1. The standard InChI is InChI=1S/C19H27N3O2/c1-2-5-18(21-19(23)10-11-20)16-6-8-17(9-7-16)24-15-14-22-12-3-4-13-22/h6-9,18H,2-5,10,12-15H2,1H3,(H,21,23). The summed E-state index contributed by atoms with van der Waals surface area (Å²) in [6.07, 6.45) is 4.31. The van der Waals surface area contributed by atoms with Crippen molar-refractivity contribution < 1.29 is 9.53 Å². The lowest BCUT2D eigenvalue weighted by Crippen LogP contribution is -2.28. The number of nitrogens with one attached hydrogen (secondary N) is 1. The number of nitrogens with zero attached hydrogens (tertiary/aromatic N) is 2. The van der Waals surface area contributed by atoms with Gasteiger partial charge in [-0.1, -0.05) is 25.5 Å². The molecule has 130 valence electrons. The van der Waals surface area contributed by atoms with E-state index in [1.807, 2.05) is 30.3 Å². The molecule has 1 aliphatic rings. The summed E-state index contributed by atoms with van der Waals surface area (Å²) < 4.78 is 5.81. The third-order valence-corrected chi connectivity index (χ3v) is 4.31. The summed E-state index contributed by atoms with van der Waals surface area (Å²) in [4.78, 5) is 14.1. The average Bonchev–Trinajstić information content (AvgIpc) is 3.09. The maximum Gasteiger partial charge on any atom is 0.234 e. The van der Waals surface area contributed by atoms with E-state index in [2.05, 4.69) is 17.1 Å². The van der Waals surface area contributed by atoms with Gasteiger partial charge in [-0.2, -0.15) is 5.26 Å². The molecule has 5 nitrogen and oxygen atoms in total. The van der Waals surface area contributed by atoms with E-state index in [1.54, 1.807) is 0 Å². The van der Waals surface area contributed by atoms with Crippen molar-refractivity contribution >= 4 is 5.91 Å². The van der Waals surface area contributed by atoms with Crippen LogP contribution in [0.2, 0.25) is 0 Å². The lowest BCUT2D eigenvalue weighted by molar-refractivity contribution is -0.120. The quantitative estimate of drug-likeness (QED) is 0.756. The summed E-state index contributed by atoms with van der Waals surface area (Å²) in [6, 6.07) is 9.75. The van der Waals surface area contributed by atoms with Gasteiger partial charge in [0.25, 0.3) is 0 Å². The van der Waals surface area contributed by atoms with Crippen LogP contribution in [0, 0.1) is 11.3 Å². The van der Waals surface area contributed by atoms with Crippen LogP contribution in [0.1, 0.15) is 50.6 Å². The van der Waals surface area contributed by atoms with Crippen LogP contribution in [0.4, 0.5) is 0 Å². The van der Waals surface area contributed by atoms with Gasteiger partial charge in [-0.3, -0.25) is 9.69 Å². The fourth-order valence-corrected chi connectivity index (χ4v) is 3.02. The van der Waals surface area contributed by atoms with Crippen molar-refractivity contribution in [2.45, 2.75) is 45.1 Å².